The number of nitrogens with zero attached hydrogens (tertiary/aromatic N) is 1. The van der Waals surface area contributed by atoms with Gasteiger partial charge in [0.2, 0.25) is 0 Å². The second kappa shape index (κ2) is 5.71. The molecular formula is C24H17N. The third-order valence-electron chi connectivity index (χ3n) is 5.00. The lowest BCUT2D eigenvalue weighted by molar-refractivity contribution is 1.04. The van der Waals surface area contributed by atoms with Crippen molar-refractivity contribution in [2.24, 2.45) is 0 Å². The number of hydrogen-bond donors (Lipinski definition) is 0. The van der Waals surface area contributed by atoms with Crippen LogP contribution in [0.2, 0.25) is 0 Å². The van der Waals surface area contributed by atoms with Gasteiger partial charge in [-0.1, -0.05) is 72.8 Å². The standard InChI is InChI=1S/C24H17N/c1-2-8-18(9-3-1)24-20-13-7-11-17-10-6-12-19(23(17)20)16-21(24)22-14-4-5-15-25-22/h1-16,24H. The topological polar surface area (TPSA) is 12.9 Å². The molecule has 0 saturated heterocycles. The van der Waals surface area contributed by atoms with E-state index in [9.17, 15) is 0 Å². The molecule has 4 aromatic rings. The van der Waals surface area contributed by atoms with Gasteiger partial charge in [-0.05, 0) is 51.2 Å². The zero-order chi connectivity index (χ0) is 16.6. The average Bonchev–Trinajstić information content (AvgIpc) is 2.69. The van der Waals surface area contributed by atoms with Crippen molar-refractivity contribution < 1.29 is 0 Å². The fraction of sp³-hybridized carbons (Fsp3) is 0.0417. The Balaban J connectivity index is 1.85. The highest BCUT2D eigenvalue weighted by molar-refractivity contribution is 6.04. The van der Waals surface area contributed by atoms with Gasteiger partial charge in [-0.2, -0.15) is 0 Å². The molecule has 0 saturated carbocycles. The molecule has 0 radical (unpaired) electrons. The van der Waals surface area contributed by atoms with Crippen LogP contribution >= 0.6 is 0 Å². The lowest BCUT2D eigenvalue weighted by Gasteiger charge is -2.27. The molecule has 1 nitrogen and oxygen atoms in total. The maximum atomic E-state index is 4.65. The van der Waals surface area contributed by atoms with E-state index in [1.165, 1.54) is 33.0 Å². The van der Waals surface area contributed by atoms with E-state index in [4.69, 9.17) is 0 Å². The van der Waals surface area contributed by atoms with Gasteiger partial charge in [0.05, 0.1) is 5.69 Å². The van der Waals surface area contributed by atoms with Crippen LogP contribution in [-0.2, 0) is 0 Å². The number of pyridine rings is 1. The van der Waals surface area contributed by atoms with Gasteiger partial charge in [0.15, 0.2) is 0 Å². The summed E-state index contributed by atoms with van der Waals surface area (Å²) in [6, 6.07) is 30.0. The number of rotatable bonds is 2. The second-order valence-electron chi connectivity index (χ2n) is 6.45. The Morgan fingerprint density at radius 2 is 1.48 bits per heavy atom. The molecule has 1 atom stereocenters. The van der Waals surface area contributed by atoms with Crippen molar-refractivity contribution in [1.82, 2.24) is 4.98 Å². The Kier molecular flexibility index (Phi) is 3.24. The summed E-state index contributed by atoms with van der Waals surface area (Å²) < 4.78 is 0. The van der Waals surface area contributed by atoms with Gasteiger partial charge >= 0.3 is 0 Å². The van der Waals surface area contributed by atoms with Crippen molar-refractivity contribution in [3.05, 3.63) is 114 Å². The zero-order valence-corrected chi connectivity index (χ0v) is 13.8. The lowest BCUT2D eigenvalue weighted by atomic mass is 9.76. The van der Waals surface area contributed by atoms with Gasteiger partial charge < -0.3 is 0 Å². The van der Waals surface area contributed by atoms with Gasteiger partial charge in [-0.3, -0.25) is 4.98 Å². The number of hydrogen-bond acceptors (Lipinski definition) is 1. The Morgan fingerprint density at radius 1 is 0.680 bits per heavy atom. The first-order valence-electron chi connectivity index (χ1n) is 8.61. The van der Waals surface area contributed by atoms with Crippen LogP contribution in [-0.4, -0.2) is 4.98 Å². The van der Waals surface area contributed by atoms with E-state index in [-0.39, 0.29) is 5.92 Å². The molecule has 1 aromatic heterocycles. The summed E-state index contributed by atoms with van der Waals surface area (Å²) in [4.78, 5) is 4.65. The van der Waals surface area contributed by atoms with E-state index >= 15 is 0 Å². The molecular weight excluding hydrogens is 302 g/mol. The van der Waals surface area contributed by atoms with Gasteiger partial charge in [0.25, 0.3) is 0 Å². The molecule has 1 unspecified atom stereocenters. The van der Waals surface area contributed by atoms with Crippen LogP contribution in [0.3, 0.4) is 0 Å². The van der Waals surface area contributed by atoms with Crippen LogP contribution in [0.25, 0.3) is 22.4 Å². The minimum atomic E-state index is 0.203. The molecule has 0 spiro atoms. The molecule has 0 bridgehead atoms. The summed E-state index contributed by atoms with van der Waals surface area (Å²) in [6.07, 6.45) is 4.19. The van der Waals surface area contributed by atoms with Crippen molar-refractivity contribution in [1.29, 1.82) is 0 Å². The zero-order valence-electron chi connectivity index (χ0n) is 13.8. The first-order valence-corrected chi connectivity index (χ1v) is 8.61. The highest BCUT2D eigenvalue weighted by Crippen LogP contribution is 2.45. The van der Waals surface area contributed by atoms with Crippen LogP contribution in [0.15, 0.2) is 91.1 Å². The van der Waals surface area contributed by atoms with Crippen LogP contribution in [0.4, 0.5) is 0 Å². The summed E-state index contributed by atoms with van der Waals surface area (Å²) in [5, 5.41) is 2.66. The highest BCUT2D eigenvalue weighted by Gasteiger charge is 2.27. The van der Waals surface area contributed by atoms with Crippen LogP contribution in [0, 0.1) is 0 Å². The molecule has 1 heterocycles. The molecule has 1 aliphatic rings. The van der Waals surface area contributed by atoms with Crippen molar-refractivity contribution >= 4 is 22.4 Å². The smallest absolute Gasteiger partial charge is 0.0671 e. The van der Waals surface area contributed by atoms with E-state index in [1.54, 1.807) is 0 Å². The first kappa shape index (κ1) is 14.2. The van der Waals surface area contributed by atoms with Crippen molar-refractivity contribution in [3.63, 3.8) is 0 Å². The van der Waals surface area contributed by atoms with Crippen molar-refractivity contribution in [2.45, 2.75) is 5.92 Å². The summed E-state index contributed by atoms with van der Waals surface area (Å²) in [7, 11) is 0. The molecule has 5 rings (SSSR count). The largest absolute Gasteiger partial charge is 0.257 e. The summed E-state index contributed by atoms with van der Waals surface area (Å²) in [6.45, 7) is 0. The summed E-state index contributed by atoms with van der Waals surface area (Å²) in [5.74, 6) is 0.203. The van der Waals surface area contributed by atoms with Crippen LogP contribution < -0.4 is 0 Å². The van der Waals surface area contributed by atoms with E-state index in [0.29, 0.717) is 0 Å². The van der Waals surface area contributed by atoms with E-state index in [2.05, 4.69) is 89.9 Å². The van der Waals surface area contributed by atoms with E-state index in [1.807, 2.05) is 12.3 Å². The lowest BCUT2D eigenvalue weighted by Crippen LogP contribution is -2.10. The average molecular weight is 319 g/mol. The molecule has 1 aliphatic carbocycles. The molecule has 0 amide bonds. The molecule has 3 aromatic carbocycles. The summed E-state index contributed by atoms with van der Waals surface area (Å²) in [5.41, 5.74) is 6.26. The molecule has 1 heteroatoms. The highest BCUT2D eigenvalue weighted by atomic mass is 14.7. The molecule has 0 N–H and O–H groups in total. The Hall–Kier alpha value is -3.19. The molecule has 25 heavy (non-hydrogen) atoms. The molecule has 0 fully saturated rings. The minimum absolute atomic E-state index is 0.203. The number of aromatic nitrogens is 1. The van der Waals surface area contributed by atoms with Gasteiger partial charge in [-0.25, -0.2) is 0 Å². The number of benzene rings is 3. The number of allylic oxidation sites excluding steroid dienone is 1. The third-order valence-corrected chi connectivity index (χ3v) is 5.00. The predicted molar refractivity (Wildman–Crippen MR) is 104 cm³/mol. The fourth-order valence-electron chi connectivity index (χ4n) is 3.94. The van der Waals surface area contributed by atoms with Gasteiger partial charge in [-0.15, -0.1) is 0 Å². The van der Waals surface area contributed by atoms with Crippen molar-refractivity contribution in [3.8, 4) is 0 Å². The normalized spacial score (nSPS) is 15.8. The van der Waals surface area contributed by atoms with Crippen LogP contribution in [0.5, 0.6) is 0 Å². The Morgan fingerprint density at radius 3 is 2.28 bits per heavy atom. The predicted octanol–water partition coefficient (Wildman–Crippen LogP) is 5.92. The van der Waals surface area contributed by atoms with Crippen molar-refractivity contribution in [2.75, 3.05) is 0 Å². The minimum Gasteiger partial charge on any atom is -0.257 e. The Labute approximate surface area is 147 Å². The summed E-state index contributed by atoms with van der Waals surface area (Å²) >= 11 is 0. The Bertz CT molecular complexity index is 1070. The second-order valence-corrected chi connectivity index (χ2v) is 6.45. The van der Waals surface area contributed by atoms with Crippen LogP contribution in [0.1, 0.15) is 28.3 Å². The SMILES string of the molecule is C1=C(c2ccccn2)C(c2ccccc2)c2cccc3cccc1c23. The fourth-order valence-corrected chi connectivity index (χ4v) is 3.94. The maximum Gasteiger partial charge on any atom is 0.0671 e. The van der Waals surface area contributed by atoms with Gasteiger partial charge in [0.1, 0.15) is 0 Å². The maximum absolute atomic E-state index is 4.65. The first-order chi connectivity index (χ1) is 12.4. The third kappa shape index (κ3) is 2.28. The van der Waals surface area contributed by atoms with E-state index in [0.717, 1.165) is 5.69 Å². The molecule has 118 valence electrons. The molecule has 0 aliphatic heterocycles. The monoisotopic (exact) mass is 319 g/mol. The quantitative estimate of drug-likeness (QED) is 0.447. The van der Waals surface area contributed by atoms with Gasteiger partial charge in [0, 0.05) is 12.1 Å². The van der Waals surface area contributed by atoms with E-state index < -0.39 is 0 Å².